The molecule has 106 valence electrons. The molecule has 1 rings (SSSR count). The molecule has 0 aliphatic heterocycles. The molecule has 0 amide bonds. The fourth-order valence-electron chi connectivity index (χ4n) is 1.30. The molecule has 1 aromatic carbocycles. The molecule has 0 fully saturated rings. The van der Waals surface area contributed by atoms with E-state index >= 15 is 0 Å². The van der Waals surface area contributed by atoms with E-state index in [0.717, 1.165) is 0 Å². The molecule has 0 aliphatic carbocycles. The van der Waals surface area contributed by atoms with Crippen molar-refractivity contribution < 1.29 is 32.2 Å². The van der Waals surface area contributed by atoms with Crippen LogP contribution in [0, 0.1) is 0 Å². The van der Waals surface area contributed by atoms with Crippen LogP contribution in [0.5, 0.6) is 5.75 Å². The molecule has 0 unspecified atom stereocenters. The lowest BCUT2D eigenvalue weighted by molar-refractivity contribution is -0.138. The number of aliphatic carboxylic acids is 1. The molecule has 3 N–H and O–H groups in total. The van der Waals surface area contributed by atoms with E-state index < -0.39 is 27.8 Å². The van der Waals surface area contributed by atoms with Gasteiger partial charge < -0.3 is 10.2 Å². The van der Waals surface area contributed by atoms with Crippen LogP contribution in [-0.2, 0) is 21.2 Å². The summed E-state index contributed by atoms with van der Waals surface area (Å²) in [5, 5.41) is 17.8. The average Bonchev–Trinajstić information content (AvgIpc) is 2.30. The number of phenols is 1. The van der Waals surface area contributed by atoms with Crippen molar-refractivity contribution in [3.8, 4) is 5.75 Å². The van der Waals surface area contributed by atoms with Gasteiger partial charge in [-0.05, 0) is 24.1 Å². The number of aromatic hydroxyl groups is 1. The van der Waals surface area contributed by atoms with E-state index in [9.17, 15) is 22.0 Å². The third kappa shape index (κ3) is 4.45. The summed E-state index contributed by atoms with van der Waals surface area (Å²) in [6.07, 6.45) is -0.318. The molecule has 1 atom stereocenters. The van der Waals surface area contributed by atoms with Crippen molar-refractivity contribution >= 4 is 16.0 Å². The molecule has 19 heavy (non-hydrogen) atoms. The van der Waals surface area contributed by atoms with E-state index in [1.165, 1.54) is 29.0 Å². The maximum Gasteiger partial charge on any atom is 0.350 e. The summed E-state index contributed by atoms with van der Waals surface area (Å²) >= 11 is 0. The van der Waals surface area contributed by atoms with E-state index in [4.69, 9.17) is 10.2 Å². The number of sulfonamides is 1. The molecule has 9 heteroatoms. The Bertz CT molecular complexity index is 544. The smallest absolute Gasteiger partial charge is 0.350 e. The minimum Gasteiger partial charge on any atom is -0.508 e. The van der Waals surface area contributed by atoms with Gasteiger partial charge in [0.1, 0.15) is 11.8 Å². The molecule has 0 aromatic heterocycles. The molecule has 0 heterocycles. The zero-order valence-corrected chi connectivity index (χ0v) is 10.3. The number of hydrogen-bond donors (Lipinski definition) is 3. The summed E-state index contributed by atoms with van der Waals surface area (Å²) in [5.74, 6) is -5.32. The number of phenolic OH excluding ortho intramolecular Hbond substituents is 1. The Morgan fingerprint density at radius 2 is 1.79 bits per heavy atom. The standard InChI is InChI=1S/C10H11F2NO5S/c11-10(12)19(17,18)13-8(9(15)16)5-6-1-3-7(14)4-2-6/h1-4,8,10,13-14H,5H2,(H,15,16)/t8-/m1/s1. The van der Waals surface area contributed by atoms with Crippen molar-refractivity contribution in [2.24, 2.45) is 0 Å². The van der Waals surface area contributed by atoms with Crippen LogP contribution in [0.15, 0.2) is 24.3 Å². The predicted molar refractivity (Wildman–Crippen MR) is 61.3 cm³/mol. The molecule has 0 bridgehead atoms. The summed E-state index contributed by atoms with van der Waals surface area (Å²) in [4.78, 5) is 10.8. The SMILES string of the molecule is O=C(O)[C@@H](Cc1ccc(O)cc1)NS(=O)(=O)C(F)F. The van der Waals surface area contributed by atoms with Crippen molar-refractivity contribution in [1.29, 1.82) is 0 Å². The maximum absolute atomic E-state index is 12.2. The maximum atomic E-state index is 12.2. The number of benzene rings is 1. The highest BCUT2D eigenvalue weighted by Gasteiger charge is 2.30. The van der Waals surface area contributed by atoms with E-state index in [1.807, 2.05) is 0 Å². The zero-order valence-electron chi connectivity index (χ0n) is 9.45. The molecular weight excluding hydrogens is 284 g/mol. The normalized spacial score (nSPS) is 13.4. The fourth-order valence-corrected chi connectivity index (χ4v) is 1.98. The Hall–Kier alpha value is -1.74. The van der Waals surface area contributed by atoms with Gasteiger partial charge in [0.2, 0.25) is 0 Å². The van der Waals surface area contributed by atoms with Gasteiger partial charge in [0, 0.05) is 0 Å². The van der Waals surface area contributed by atoms with Gasteiger partial charge >= 0.3 is 11.7 Å². The van der Waals surface area contributed by atoms with Gasteiger partial charge in [-0.15, -0.1) is 0 Å². The minimum atomic E-state index is -4.98. The van der Waals surface area contributed by atoms with Crippen LogP contribution in [0.1, 0.15) is 5.56 Å². The summed E-state index contributed by atoms with van der Waals surface area (Å²) in [6.45, 7) is 0. The van der Waals surface area contributed by atoms with Crippen LogP contribution in [0.2, 0.25) is 0 Å². The second-order valence-electron chi connectivity index (χ2n) is 3.68. The quantitative estimate of drug-likeness (QED) is 0.710. The monoisotopic (exact) mass is 295 g/mol. The number of nitrogens with one attached hydrogen (secondary N) is 1. The Kier molecular flexibility index (Phi) is 4.78. The van der Waals surface area contributed by atoms with Crippen LogP contribution in [-0.4, -0.2) is 36.4 Å². The number of hydrogen-bond acceptors (Lipinski definition) is 4. The van der Waals surface area contributed by atoms with Crippen LogP contribution < -0.4 is 4.72 Å². The van der Waals surface area contributed by atoms with Crippen LogP contribution in [0.3, 0.4) is 0 Å². The molecule has 6 nitrogen and oxygen atoms in total. The Labute approximate surface area is 107 Å². The highest BCUT2D eigenvalue weighted by Crippen LogP contribution is 2.12. The summed E-state index contributed by atoms with van der Waals surface area (Å²) < 4.78 is 47.6. The molecule has 0 spiro atoms. The predicted octanol–water partition coefficient (Wildman–Crippen LogP) is 0.530. The first-order valence-electron chi connectivity index (χ1n) is 5.02. The van der Waals surface area contributed by atoms with Crippen molar-refractivity contribution in [3.05, 3.63) is 29.8 Å². The highest BCUT2D eigenvalue weighted by atomic mass is 32.2. The minimum absolute atomic E-state index is 0.0520. The first kappa shape index (κ1) is 15.3. The van der Waals surface area contributed by atoms with E-state index in [2.05, 4.69) is 0 Å². The lowest BCUT2D eigenvalue weighted by atomic mass is 10.1. The van der Waals surface area contributed by atoms with Crippen LogP contribution in [0.25, 0.3) is 0 Å². The van der Waals surface area contributed by atoms with Gasteiger partial charge in [0.25, 0.3) is 10.0 Å². The first-order chi connectivity index (χ1) is 8.72. The summed E-state index contributed by atoms with van der Waals surface area (Å²) in [7, 11) is -4.98. The Morgan fingerprint density at radius 3 is 2.21 bits per heavy atom. The molecular formula is C10H11F2NO5S. The first-order valence-corrected chi connectivity index (χ1v) is 6.57. The van der Waals surface area contributed by atoms with Gasteiger partial charge in [0.15, 0.2) is 0 Å². The largest absolute Gasteiger partial charge is 0.508 e. The van der Waals surface area contributed by atoms with Gasteiger partial charge in [-0.1, -0.05) is 12.1 Å². The average molecular weight is 295 g/mol. The van der Waals surface area contributed by atoms with E-state index in [0.29, 0.717) is 5.56 Å². The zero-order chi connectivity index (χ0) is 14.6. The van der Waals surface area contributed by atoms with Crippen molar-refractivity contribution in [1.82, 2.24) is 4.72 Å². The van der Waals surface area contributed by atoms with Crippen molar-refractivity contribution in [2.75, 3.05) is 0 Å². The third-order valence-corrected chi connectivity index (χ3v) is 3.30. The highest BCUT2D eigenvalue weighted by molar-refractivity contribution is 7.89. The molecule has 0 saturated heterocycles. The van der Waals surface area contributed by atoms with Gasteiger partial charge in [-0.2, -0.15) is 13.5 Å². The molecule has 0 saturated carbocycles. The van der Waals surface area contributed by atoms with Gasteiger partial charge in [-0.3, -0.25) is 4.79 Å². The number of halogens is 2. The van der Waals surface area contributed by atoms with Crippen LogP contribution >= 0.6 is 0 Å². The molecule has 0 aliphatic rings. The lowest BCUT2D eigenvalue weighted by Crippen LogP contribution is -2.44. The van der Waals surface area contributed by atoms with Gasteiger partial charge in [-0.25, -0.2) is 8.42 Å². The number of carboxylic acids is 1. The van der Waals surface area contributed by atoms with Gasteiger partial charge in [0.05, 0.1) is 0 Å². The van der Waals surface area contributed by atoms with Crippen molar-refractivity contribution in [3.63, 3.8) is 0 Å². The second-order valence-corrected chi connectivity index (χ2v) is 5.37. The fraction of sp³-hybridized carbons (Fsp3) is 0.300. The Morgan fingerprint density at radius 1 is 1.26 bits per heavy atom. The topological polar surface area (TPSA) is 104 Å². The molecule has 0 radical (unpaired) electrons. The number of carbonyl (C=O) groups is 1. The van der Waals surface area contributed by atoms with Crippen LogP contribution in [0.4, 0.5) is 8.78 Å². The Balaban J connectivity index is 2.85. The summed E-state index contributed by atoms with van der Waals surface area (Å²) in [6, 6.07) is 3.57. The number of rotatable bonds is 6. The molecule has 1 aromatic rings. The summed E-state index contributed by atoms with van der Waals surface area (Å²) in [5.41, 5.74) is 0.377. The third-order valence-electron chi connectivity index (χ3n) is 2.22. The number of alkyl halides is 2. The second kappa shape index (κ2) is 5.93. The van der Waals surface area contributed by atoms with E-state index in [-0.39, 0.29) is 12.2 Å². The number of carboxylic acid groups (broad SMARTS) is 1. The lowest BCUT2D eigenvalue weighted by Gasteiger charge is -2.14. The van der Waals surface area contributed by atoms with E-state index in [1.54, 1.807) is 0 Å². The van der Waals surface area contributed by atoms with Crippen molar-refractivity contribution in [2.45, 2.75) is 18.2 Å².